The number of aryl methyl sites for hydroxylation is 2. The van der Waals surface area contributed by atoms with Crippen LogP contribution in [0.2, 0.25) is 0 Å². The number of nitrogens with zero attached hydrogens (tertiary/aromatic N) is 2. The molecule has 1 heterocycles. The third-order valence-corrected chi connectivity index (χ3v) is 5.68. The molecule has 0 bridgehead atoms. The molecule has 29 heavy (non-hydrogen) atoms. The number of carbonyl (C=O) groups is 2. The fourth-order valence-electron chi connectivity index (χ4n) is 2.46. The maximum absolute atomic E-state index is 12.3. The summed E-state index contributed by atoms with van der Waals surface area (Å²) in [6, 6.07) is 6.35. The van der Waals surface area contributed by atoms with E-state index in [1.165, 1.54) is 19.1 Å². The van der Waals surface area contributed by atoms with Crippen LogP contribution in [0.3, 0.4) is 0 Å². The molecule has 2 N–H and O–H groups in total. The van der Waals surface area contributed by atoms with Gasteiger partial charge in [0.25, 0.3) is 5.91 Å². The van der Waals surface area contributed by atoms with Gasteiger partial charge in [0, 0.05) is 12.1 Å². The van der Waals surface area contributed by atoms with Gasteiger partial charge in [0.1, 0.15) is 12.4 Å². The first-order valence-corrected chi connectivity index (χ1v) is 10.6. The maximum Gasteiger partial charge on any atom is 0.321 e. The number of anilines is 1. The van der Waals surface area contributed by atoms with Crippen LogP contribution in [0.1, 0.15) is 37.9 Å². The Kier molecular flexibility index (Phi) is 7.15. The Balaban J connectivity index is 1.91. The predicted molar refractivity (Wildman–Crippen MR) is 108 cm³/mol. The van der Waals surface area contributed by atoms with E-state index in [-0.39, 0.29) is 10.9 Å². The lowest BCUT2D eigenvalue weighted by atomic mass is 10.1. The van der Waals surface area contributed by atoms with Crippen LogP contribution in [0.5, 0.6) is 0 Å². The number of nitrogens with one attached hydrogen (secondary N) is 2. The third-order valence-electron chi connectivity index (χ3n) is 4.28. The van der Waals surface area contributed by atoms with Gasteiger partial charge in [-0.05, 0) is 57.9 Å². The van der Waals surface area contributed by atoms with Crippen molar-refractivity contribution in [1.29, 1.82) is 0 Å². The first kappa shape index (κ1) is 22.6. The molecule has 2 aromatic rings. The van der Waals surface area contributed by atoms with Crippen molar-refractivity contribution in [3.05, 3.63) is 41.6 Å². The number of aromatic nitrogens is 2. The monoisotopic (exact) mass is 422 g/mol. The fraction of sp³-hybridized carbons (Fsp3) is 0.421. The third kappa shape index (κ3) is 5.88. The molecule has 0 aliphatic rings. The molecule has 0 aliphatic heterocycles. The normalized spacial score (nSPS) is 12.6. The number of ether oxygens (including phenoxy) is 1. The summed E-state index contributed by atoms with van der Waals surface area (Å²) in [7, 11) is -3.87. The number of hydrogen-bond acceptors (Lipinski definition) is 6. The maximum atomic E-state index is 12.3. The highest BCUT2D eigenvalue weighted by Gasteiger charge is 2.22. The van der Waals surface area contributed by atoms with E-state index in [1.54, 1.807) is 29.9 Å². The smallest absolute Gasteiger partial charge is 0.321 e. The van der Waals surface area contributed by atoms with Crippen molar-refractivity contribution < 1.29 is 22.7 Å². The molecule has 158 valence electrons. The summed E-state index contributed by atoms with van der Waals surface area (Å²) >= 11 is 0. The van der Waals surface area contributed by atoms with Gasteiger partial charge in [0.15, 0.2) is 6.10 Å². The summed E-state index contributed by atoms with van der Waals surface area (Å²) in [5, 5.41) is 6.74. The highest BCUT2D eigenvalue weighted by molar-refractivity contribution is 7.89. The average Bonchev–Trinajstić information content (AvgIpc) is 3.10. The molecule has 1 aromatic carbocycles. The SMILES string of the molecule is Cc1ccc(S(=O)(=O)NCC(=O)O[C@H](C)C(=O)Nc2ccnn2C(C)C)cc1C. The van der Waals surface area contributed by atoms with Gasteiger partial charge >= 0.3 is 5.97 Å². The lowest BCUT2D eigenvalue weighted by Crippen LogP contribution is -2.36. The number of rotatable bonds is 8. The lowest BCUT2D eigenvalue weighted by Gasteiger charge is -2.16. The van der Waals surface area contributed by atoms with E-state index in [2.05, 4.69) is 15.1 Å². The number of benzene rings is 1. The second kappa shape index (κ2) is 9.19. The zero-order valence-corrected chi connectivity index (χ0v) is 17.9. The predicted octanol–water partition coefficient (Wildman–Crippen LogP) is 1.93. The van der Waals surface area contributed by atoms with E-state index in [4.69, 9.17) is 4.74 Å². The molecule has 1 atom stereocenters. The highest BCUT2D eigenvalue weighted by Crippen LogP contribution is 2.15. The van der Waals surface area contributed by atoms with Crippen molar-refractivity contribution in [2.45, 2.75) is 51.7 Å². The number of esters is 1. The second-order valence-corrected chi connectivity index (χ2v) is 8.71. The van der Waals surface area contributed by atoms with Gasteiger partial charge in [-0.15, -0.1) is 0 Å². The largest absolute Gasteiger partial charge is 0.452 e. The van der Waals surface area contributed by atoms with E-state index in [1.807, 2.05) is 20.8 Å². The Hall–Kier alpha value is -2.72. The number of amides is 1. The van der Waals surface area contributed by atoms with Crippen LogP contribution < -0.4 is 10.0 Å². The van der Waals surface area contributed by atoms with Gasteiger partial charge < -0.3 is 10.1 Å². The van der Waals surface area contributed by atoms with Gasteiger partial charge in [0.05, 0.1) is 11.1 Å². The van der Waals surface area contributed by atoms with Crippen LogP contribution >= 0.6 is 0 Å². The fourth-order valence-corrected chi connectivity index (χ4v) is 3.52. The summed E-state index contributed by atoms with van der Waals surface area (Å²) < 4.78 is 33.5. The van der Waals surface area contributed by atoms with E-state index in [0.29, 0.717) is 5.82 Å². The summed E-state index contributed by atoms with van der Waals surface area (Å²) in [5.74, 6) is -0.932. The highest BCUT2D eigenvalue weighted by atomic mass is 32.2. The molecule has 1 amide bonds. The quantitative estimate of drug-likeness (QED) is 0.628. The minimum atomic E-state index is -3.87. The van der Waals surface area contributed by atoms with Gasteiger partial charge in [0.2, 0.25) is 10.0 Å². The standard InChI is InChI=1S/C19H26N4O5S/c1-12(2)23-17(8-9-20-23)22-19(25)15(5)28-18(24)11-21-29(26,27)16-7-6-13(3)14(4)10-16/h6-10,12,15,21H,11H2,1-5H3,(H,22,25)/t15-/m1/s1. The molecule has 2 rings (SSSR count). The first-order valence-electron chi connectivity index (χ1n) is 9.12. The Bertz CT molecular complexity index is 998. The van der Waals surface area contributed by atoms with Crippen molar-refractivity contribution in [2.24, 2.45) is 0 Å². The molecule has 9 nitrogen and oxygen atoms in total. The van der Waals surface area contributed by atoms with E-state index in [0.717, 1.165) is 11.1 Å². The zero-order valence-electron chi connectivity index (χ0n) is 17.1. The Morgan fingerprint density at radius 2 is 1.83 bits per heavy atom. The molecule has 0 saturated carbocycles. The van der Waals surface area contributed by atoms with Gasteiger partial charge in [-0.3, -0.25) is 9.59 Å². The van der Waals surface area contributed by atoms with Crippen molar-refractivity contribution in [1.82, 2.24) is 14.5 Å². The number of hydrogen-bond donors (Lipinski definition) is 2. The van der Waals surface area contributed by atoms with Crippen LogP contribution in [0.25, 0.3) is 0 Å². The van der Waals surface area contributed by atoms with Gasteiger partial charge in [-0.2, -0.15) is 9.82 Å². The molecule has 10 heteroatoms. The van der Waals surface area contributed by atoms with Crippen molar-refractivity contribution >= 4 is 27.7 Å². The Morgan fingerprint density at radius 1 is 1.14 bits per heavy atom. The van der Waals surface area contributed by atoms with E-state index < -0.39 is 34.5 Å². The first-order chi connectivity index (χ1) is 13.5. The molecule has 0 unspecified atom stereocenters. The molecule has 0 radical (unpaired) electrons. The molecule has 0 fully saturated rings. The minimum Gasteiger partial charge on any atom is -0.452 e. The molecular formula is C19H26N4O5S. The number of carbonyl (C=O) groups excluding carboxylic acids is 2. The summed E-state index contributed by atoms with van der Waals surface area (Å²) in [6.45, 7) is 8.31. The van der Waals surface area contributed by atoms with Gasteiger partial charge in [-0.25, -0.2) is 13.1 Å². The molecule has 0 spiro atoms. The van der Waals surface area contributed by atoms with E-state index >= 15 is 0 Å². The van der Waals surface area contributed by atoms with Crippen LogP contribution in [-0.4, -0.2) is 42.7 Å². The topological polar surface area (TPSA) is 119 Å². The van der Waals surface area contributed by atoms with Crippen LogP contribution in [0.4, 0.5) is 5.82 Å². The molecular weight excluding hydrogens is 396 g/mol. The zero-order chi connectivity index (χ0) is 21.8. The van der Waals surface area contributed by atoms with E-state index in [9.17, 15) is 18.0 Å². The van der Waals surface area contributed by atoms with Crippen molar-refractivity contribution in [3.8, 4) is 0 Å². The van der Waals surface area contributed by atoms with Crippen LogP contribution in [0.15, 0.2) is 35.4 Å². The minimum absolute atomic E-state index is 0.0398. The Morgan fingerprint density at radius 3 is 2.45 bits per heavy atom. The number of sulfonamides is 1. The lowest BCUT2D eigenvalue weighted by molar-refractivity contribution is -0.151. The molecule has 1 aromatic heterocycles. The van der Waals surface area contributed by atoms with Crippen LogP contribution in [0, 0.1) is 13.8 Å². The van der Waals surface area contributed by atoms with Gasteiger partial charge in [-0.1, -0.05) is 6.07 Å². The Labute approximate surface area is 170 Å². The summed E-state index contributed by atoms with van der Waals surface area (Å²) in [6.07, 6.45) is 0.442. The molecule has 0 saturated heterocycles. The summed E-state index contributed by atoms with van der Waals surface area (Å²) in [5.41, 5.74) is 1.78. The average molecular weight is 423 g/mol. The van der Waals surface area contributed by atoms with Crippen molar-refractivity contribution in [3.63, 3.8) is 0 Å². The van der Waals surface area contributed by atoms with Crippen molar-refractivity contribution in [2.75, 3.05) is 11.9 Å². The van der Waals surface area contributed by atoms with Crippen LogP contribution in [-0.2, 0) is 24.3 Å². The molecule has 0 aliphatic carbocycles. The second-order valence-electron chi connectivity index (χ2n) is 6.95. The summed E-state index contributed by atoms with van der Waals surface area (Å²) in [4.78, 5) is 24.3.